The fraction of sp³-hybridized carbons (Fsp3) is 0.690. The maximum absolute atomic E-state index is 13.0. The van der Waals surface area contributed by atoms with E-state index in [1.165, 1.54) is 103 Å². The van der Waals surface area contributed by atoms with E-state index in [1.54, 1.807) is 0 Å². The number of hydrogen-bond donors (Lipinski definition) is 4. The van der Waals surface area contributed by atoms with Crippen molar-refractivity contribution in [1.82, 2.24) is 0 Å². The summed E-state index contributed by atoms with van der Waals surface area (Å²) in [6.45, 7) is 2.42. The van der Waals surface area contributed by atoms with Crippen molar-refractivity contribution in [2.75, 3.05) is 39.6 Å². The molecule has 0 bridgehead atoms. The number of esters is 3. The third-order valence-corrected chi connectivity index (χ3v) is 18.9. The molecule has 0 rings (SSSR count). The van der Waals surface area contributed by atoms with Gasteiger partial charge in [0.25, 0.3) is 0 Å². The summed E-state index contributed by atoms with van der Waals surface area (Å²) in [7, 11) is -9.80. The number of phosphoric acid groups is 2. The summed E-state index contributed by atoms with van der Waals surface area (Å²) in [4.78, 5) is 58.7. The van der Waals surface area contributed by atoms with Gasteiger partial charge >= 0.3 is 33.6 Å². The maximum atomic E-state index is 13.0. The van der Waals surface area contributed by atoms with Crippen LogP contribution >= 0.6 is 15.6 Å². The Hall–Kier alpha value is -4.57. The first-order chi connectivity index (χ1) is 51.2. The molecule has 16 nitrogen and oxygen atoms in total. The van der Waals surface area contributed by atoms with Crippen molar-refractivity contribution in [3.63, 3.8) is 0 Å². The van der Waals surface area contributed by atoms with Crippen molar-refractivity contribution in [1.29, 1.82) is 0 Å². The molecule has 0 aromatic rings. The Morgan fingerprint density at radius 2 is 0.505 bits per heavy atom. The molecule has 0 radical (unpaired) electrons. The topological polar surface area (TPSA) is 231 Å². The summed E-state index contributed by atoms with van der Waals surface area (Å²) in [5.74, 6) is -1.60. The number of rotatable bonds is 77. The number of carbonyl (C=O) groups excluding carboxylic acids is 3. The monoisotopic (exact) mass is 1510 g/mol. The smallest absolute Gasteiger partial charge is 0.463 e. The number of aliphatic hydroxyl groups excluding tert-OH is 2. The molecule has 5 atom stereocenters. The van der Waals surface area contributed by atoms with Crippen LogP contribution in [0.2, 0.25) is 0 Å². The van der Waals surface area contributed by atoms with Crippen LogP contribution in [0.15, 0.2) is 146 Å². The summed E-state index contributed by atoms with van der Waals surface area (Å²) in [6.07, 6.45) is 97.6. The summed E-state index contributed by atoms with van der Waals surface area (Å²) in [5.41, 5.74) is 0. The van der Waals surface area contributed by atoms with Gasteiger partial charge in [-0.05, 0) is 141 Å². The highest BCUT2D eigenvalue weighted by molar-refractivity contribution is 7.47. The van der Waals surface area contributed by atoms with Gasteiger partial charge in [-0.1, -0.05) is 314 Å². The van der Waals surface area contributed by atoms with Crippen molar-refractivity contribution >= 4 is 33.6 Å². The Balaban J connectivity index is 4.48. The number of carbonyl (C=O) groups is 3. The first kappa shape index (κ1) is 100. The van der Waals surface area contributed by atoms with E-state index in [0.717, 1.165) is 167 Å². The Kier molecular flexibility index (Phi) is 75.6. The van der Waals surface area contributed by atoms with Crippen molar-refractivity contribution in [3.8, 4) is 0 Å². The fourth-order valence-corrected chi connectivity index (χ4v) is 12.4. The lowest BCUT2D eigenvalue weighted by Gasteiger charge is -2.21. The number of ether oxygens (including phenoxy) is 3. The number of phosphoric ester groups is 2. The van der Waals surface area contributed by atoms with Crippen LogP contribution in [0.5, 0.6) is 0 Å². The van der Waals surface area contributed by atoms with Gasteiger partial charge in [-0.3, -0.25) is 32.5 Å². The first-order valence-electron chi connectivity index (χ1n) is 41.1. The van der Waals surface area contributed by atoms with Gasteiger partial charge < -0.3 is 34.2 Å². The molecule has 4 N–H and O–H groups in total. The van der Waals surface area contributed by atoms with Crippen LogP contribution in [-0.2, 0) is 55.8 Å². The largest absolute Gasteiger partial charge is 0.472 e. The van der Waals surface area contributed by atoms with Crippen LogP contribution in [0.25, 0.3) is 0 Å². The zero-order valence-corrected chi connectivity index (χ0v) is 67.6. The molecule has 602 valence electrons. The minimum atomic E-state index is -4.94. The van der Waals surface area contributed by atoms with Crippen molar-refractivity contribution < 1.29 is 75.8 Å². The normalized spacial score (nSPS) is 14.7. The van der Waals surface area contributed by atoms with Crippen LogP contribution in [0.1, 0.15) is 329 Å². The Labute approximate surface area is 638 Å². The van der Waals surface area contributed by atoms with E-state index in [4.69, 9.17) is 32.3 Å². The predicted molar refractivity (Wildman–Crippen MR) is 436 cm³/mol. The van der Waals surface area contributed by atoms with E-state index in [9.17, 15) is 43.5 Å². The van der Waals surface area contributed by atoms with Crippen LogP contribution in [0, 0.1) is 0 Å². The molecule has 0 aromatic heterocycles. The molecular formula is C87H148O16P2. The highest BCUT2D eigenvalue weighted by Crippen LogP contribution is 2.45. The van der Waals surface area contributed by atoms with Crippen molar-refractivity contribution in [3.05, 3.63) is 146 Å². The molecule has 0 saturated carbocycles. The summed E-state index contributed by atoms with van der Waals surface area (Å²) in [6, 6.07) is 0. The predicted octanol–water partition coefficient (Wildman–Crippen LogP) is 24.4. The van der Waals surface area contributed by atoms with E-state index in [-0.39, 0.29) is 19.3 Å². The summed E-state index contributed by atoms with van der Waals surface area (Å²) < 4.78 is 61.2. The van der Waals surface area contributed by atoms with Gasteiger partial charge in [-0.25, -0.2) is 9.13 Å². The average molecular weight is 1510 g/mol. The van der Waals surface area contributed by atoms with Gasteiger partial charge in [-0.15, -0.1) is 0 Å². The van der Waals surface area contributed by atoms with Crippen molar-refractivity contribution in [2.24, 2.45) is 0 Å². The quantitative estimate of drug-likeness (QED) is 0.0146. The maximum Gasteiger partial charge on any atom is 0.472 e. The van der Waals surface area contributed by atoms with E-state index < -0.39 is 91.5 Å². The molecule has 0 aliphatic carbocycles. The van der Waals surface area contributed by atoms with Gasteiger partial charge in [0.05, 0.1) is 26.4 Å². The fourth-order valence-electron chi connectivity index (χ4n) is 10.8. The molecule has 0 heterocycles. The van der Waals surface area contributed by atoms with E-state index in [2.05, 4.69) is 167 Å². The van der Waals surface area contributed by atoms with Crippen molar-refractivity contribution in [2.45, 2.75) is 347 Å². The van der Waals surface area contributed by atoms with Gasteiger partial charge in [0.1, 0.15) is 25.4 Å². The highest BCUT2D eigenvalue weighted by atomic mass is 31.2. The molecular weight excluding hydrogens is 1360 g/mol. The lowest BCUT2D eigenvalue weighted by atomic mass is 10.0. The molecule has 0 aliphatic heterocycles. The Bertz CT molecular complexity index is 2490. The molecule has 0 spiro atoms. The molecule has 0 aromatic carbocycles. The highest BCUT2D eigenvalue weighted by Gasteiger charge is 2.29. The first-order valence-corrected chi connectivity index (χ1v) is 44.1. The standard InChI is InChI=1S/C87H148O16P2/c1-4-7-10-13-16-19-22-25-27-29-31-33-35-37-38-39-40-41-42-44-46-47-49-51-53-56-58-61-64-67-70-73-85(90)97-76-82(88)77-99-104(93,94)100-78-83(89)79-101-105(95,96)102-81-84(103-87(92)75-72-69-66-63-60-55-24-21-18-15-12-9-6-3)80-98-86(91)74-71-68-65-62-59-57-54-52-50-48-45-43-36-34-32-30-28-26-23-20-17-14-11-8-5-2/h7-8,10-11,16-17,19-21,24-28,31-34,37-38,43,45,50,52,82-84,88-89H,4-6,9,12-15,18,22-23,29-30,35-36,39-42,44,46-49,51,53-81H2,1-3H3,(H,93,94)(H,95,96)/b10-7-,11-8-,19-16-,20-17-,24-21-,27-25-,28-26-,33-31-,34-32-,38-37-,45-43-,52-50-. The minimum Gasteiger partial charge on any atom is -0.463 e. The average Bonchev–Trinajstić information content (AvgIpc) is 0.914. The zero-order chi connectivity index (χ0) is 76.6. The number of aliphatic hydroxyl groups is 2. The molecule has 105 heavy (non-hydrogen) atoms. The molecule has 18 heteroatoms. The minimum absolute atomic E-state index is 0.0882. The van der Waals surface area contributed by atoms with Gasteiger partial charge in [-0.2, -0.15) is 0 Å². The Morgan fingerprint density at radius 3 is 0.810 bits per heavy atom. The summed E-state index contributed by atoms with van der Waals surface area (Å²) >= 11 is 0. The van der Waals surface area contributed by atoms with E-state index in [0.29, 0.717) is 19.3 Å². The molecule has 0 saturated heterocycles. The molecule has 0 aliphatic rings. The zero-order valence-electron chi connectivity index (χ0n) is 65.9. The number of hydrogen-bond acceptors (Lipinski definition) is 14. The SMILES string of the molecule is CC/C=C\C/C=C\C/C=C\C/C=C\C/C=C\C/C=C\CCCCCCCCC(=O)OCC(COP(=O)(O)OCC(O)COP(=O)(O)OCC(O)COC(=O)CCCCCCCCCCCCCCCCC/C=C\C/C=C\C/C=C\C/C=C\C/C=C\CC)OC(=O)CCCCCCC/C=C\CCCCCC. The lowest BCUT2D eigenvalue weighted by Crippen LogP contribution is -2.30. The molecule has 0 amide bonds. The number of allylic oxidation sites excluding steroid dienone is 24. The van der Waals surface area contributed by atoms with Crippen LogP contribution in [-0.4, -0.2) is 95.9 Å². The second kappa shape index (κ2) is 79.0. The molecule has 0 fully saturated rings. The van der Waals surface area contributed by atoms with Gasteiger partial charge in [0, 0.05) is 19.3 Å². The third-order valence-electron chi connectivity index (χ3n) is 17.0. The van der Waals surface area contributed by atoms with Crippen LogP contribution < -0.4 is 0 Å². The second-order valence-electron chi connectivity index (χ2n) is 27.2. The second-order valence-corrected chi connectivity index (χ2v) is 30.1. The van der Waals surface area contributed by atoms with E-state index in [1.807, 2.05) is 0 Å². The number of unbranched alkanes of at least 4 members (excludes halogenated alkanes) is 30. The van der Waals surface area contributed by atoms with Crippen LogP contribution in [0.3, 0.4) is 0 Å². The van der Waals surface area contributed by atoms with Gasteiger partial charge in [0.2, 0.25) is 0 Å². The third kappa shape index (κ3) is 80.3. The van der Waals surface area contributed by atoms with E-state index >= 15 is 0 Å². The van der Waals surface area contributed by atoms with Gasteiger partial charge in [0.15, 0.2) is 6.10 Å². The van der Waals surface area contributed by atoms with Crippen LogP contribution in [0.4, 0.5) is 0 Å². The lowest BCUT2D eigenvalue weighted by molar-refractivity contribution is -0.161. The summed E-state index contributed by atoms with van der Waals surface area (Å²) in [5, 5.41) is 20.7. The molecule has 5 unspecified atom stereocenters. The Morgan fingerprint density at radius 1 is 0.276 bits per heavy atom.